The number of aliphatic hydroxyl groups excluding tert-OH is 1. The van der Waals surface area contributed by atoms with Crippen LogP contribution in [0.4, 0.5) is 5.69 Å². The van der Waals surface area contributed by atoms with Gasteiger partial charge in [0.25, 0.3) is 0 Å². The van der Waals surface area contributed by atoms with Crippen LogP contribution < -0.4 is 5.32 Å². The van der Waals surface area contributed by atoms with E-state index in [1.807, 2.05) is 12.1 Å². The second kappa shape index (κ2) is 7.65. The Hall–Kier alpha value is -1.88. The van der Waals surface area contributed by atoms with Gasteiger partial charge in [0.15, 0.2) is 0 Å². The van der Waals surface area contributed by atoms with Crippen molar-refractivity contribution in [2.45, 2.75) is 32.3 Å². The third-order valence-corrected chi connectivity index (χ3v) is 2.88. The Bertz CT molecular complexity index is 453. The summed E-state index contributed by atoms with van der Waals surface area (Å²) in [4.78, 5) is 24.7. The molecule has 20 heavy (non-hydrogen) atoms. The van der Waals surface area contributed by atoms with Gasteiger partial charge >= 0.3 is 0 Å². The van der Waals surface area contributed by atoms with Gasteiger partial charge in [-0.3, -0.25) is 9.59 Å². The van der Waals surface area contributed by atoms with Gasteiger partial charge in [-0.1, -0.05) is 12.1 Å². The van der Waals surface area contributed by atoms with Crippen molar-refractivity contribution in [2.24, 2.45) is 0 Å². The Kier molecular flexibility index (Phi) is 6.18. The van der Waals surface area contributed by atoms with E-state index in [1.165, 1.54) is 0 Å². The number of likely N-dealkylation sites (N-methyl/N-ethyl adjacent to an activating group) is 1. The SMILES string of the molecule is CC(O)CCC(=O)Nc1ccc(CC(=O)N(C)C)cc1. The lowest BCUT2D eigenvalue weighted by atomic mass is 10.1. The molecule has 0 spiro atoms. The molecule has 0 heterocycles. The minimum atomic E-state index is -0.472. The quantitative estimate of drug-likeness (QED) is 0.826. The predicted octanol–water partition coefficient (Wildman–Crippen LogP) is 1.42. The van der Waals surface area contributed by atoms with Crippen LogP contribution >= 0.6 is 0 Å². The minimum absolute atomic E-state index is 0.0405. The van der Waals surface area contributed by atoms with Crippen LogP contribution in [-0.4, -0.2) is 42.0 Å². The van der Waals surface area contributed by atoms with Crippen molar-refractivity contribution in [3.8, 4) is 0 Å². The number of hydrogen-bond donors (Lipinski definition) is 2. The molecule has 5 nitrogen and oxygen atoms in total. The standard InChI is InChI=1S/C15H22N2O3/c1-11(18)4-9-14(19)16-13-7-5-12(6-8-13)10-15(20)17(2)3/h5-8,11,18H,4,9-10H2,1-3H3,(H,16,19). The number of nitrogens with zero attached hydrogens (tertiary/aromatic N) is 1. The lowest BCUT2D eigenvalue weighted by Crippen LogP contribution is -2.23. The van der Waals surface area contributed by atoms with Gasteiger partial charge in [0.05, 0.1) is 12.5 Å². The molecule has 110 valence electrons. The van der Waals surface area contributed by atoms with E-state index in [1.54, 1.807) is 38.1 Å². The molecule has 0 fully saturated rings. The van der Waals surface area contributed by atoms with E-state index in [9.17, 15) is 9.59 Å². The molecule has 0 radical (unpaired) electrons. The third kappa shape index (κ3) is 5.84. The average Bonchev–Trinajstić information content (AvgIpc) is 2.38. The Morgan fingerprint density at radius 1 is 1.25 bits per heavy atom. The maximum absolute atomic E-state index is 11.6. The predicted molar refractivity (Wildman–Crippen MR) is 78.4 cm³/mol. The molecule has 1 aromatic rings. The molecule has 0 aliphatic heterocycles. The monoisotopic (exact) mass is 278 g/mol. The van der Waals surface area contributed by atoms with E-state index < -0.39 is 6.10 Å². The summed E-state index contributed by atoms with van der Waals surface area (Å²) in [7, 11) is 3.44. The smallest absolute Gasteiger partial charge is 0.226 e. The summed E-state index contributed by atoms with van der Waals surface area (Å²) in [6.07, 6.45) is 0.614. The largest absolute Gasteiger partial charge is 0.393 e. The van der Waals surface area contributed by atoms with Crippen molar-refractivity contribution >= 4 is 17.5 Å². The van der Waals surface area contributed by atoms with Gasteiger partial charge in [-0.05, 0) is 31.0 Å². The third-order valence-electron chi connectivity index (χ3n) is 2.88. The highest BCUT2D eigenvalue weighted by atomic mass is 16.3. The van der Waals surface area contributed by atoms with Crippen molar-refractivity contribution in [1.29, 1.82) is 0 Å². The molecule has 2 N–H and O–H groups in total. The maximum Gasteiger partial charge on any atom is 0.226 e. The first-order chi connectivity index (χ1) is 9.38. The highest BCUT2D eigenvalue weighted by Crippen LogP contribution is 2.11. The van der Waals surface area contributed by atoms with Crippen LogP contribution in [0.3, 0.4) is 0 Å². The lowest BCUT2D eigenvalue weighted by molar-refractivity contribution is -0.128. The van der Waals surface area contributed by atoms with E-state index >= 15 is 0 Å². The molecule has 0 aromatic heterocycles. The molecular weight excluding hydrogens is 256 g/mol. The summed E-state index contributed by atoms with van der Waals surface area (Å²) in [6, 6.07) is 7.20. The molecule has 5 heteroatoms. The van der Waals surface area contributed by atoms with E-state index in [2.05, 4.69) is 5.32 Å². The minimum Gasteiger partial charge on any atom is -0.393 e. The van der Waals surface area contributed by atoms with Crippen molar-refractivity contribution < 1.29 is 14.7 Å². The first-order valence-electron chi connectivity index (χ1n) is 6.65. The van der Waals surface area contributed by atoms with Crippen LogP contribution in [0.15, 0.2) is 24.3 Å². The van der Waals surface area contributed by atoms with Crippen molar-refractivity contribution in [1.82, 2.24) is 4.90 Å². The fraction of sp³-hybridized carbons (Fsp3) is 0.467. The zero-order chi connectivity index (χ0) is 15.1. The summed E-state index contributed by atoms with van der Waals surface area (Å²) in [5, 5.41) is 11.9. The number of amides is 2. The number of anilines is 1. The van der Waals surface area contributed by atoms with E-state index in [4.69, 9.17) is 5.11 Å². The maximum atomic E-state index is 11.6. The van der Waals surface area contributed by atoms with E-state index in [0.29, 0.717) is 24.9 Å². The number of carbonyl (C=O) groups is 2. The molecule has 1 rings (SSSR count). The Morgan fingerprint density at radius 2 is 1.85 bits per heavy atom. The molecular formula is C15H22N2O3. The number of rotatable bonds is 6. The highest BCUT2D eigenvalue weighted by Gasteiger charge is 2.07. The number of nitrogens with one attached hydrogen (secondary N) is 1. The van der Waals surface area contributed by atoms with Gasteiger partial charge in [0.2, 0.25) is 11.8 Å². The number of benzene rings is 1. The summed E-state index contributed by atoms with van der Waals surface area (Å²) in [5.74, 6) is -0.0817. The lowest BCUT2D eigenvalue weighted by Gasteiger charge is -2.11. The molecule has 0 saturated heterocycles. The fourth-order valence-electron chi connectivity index (χ4n) is 1.60. The molecule has 1 aromatic carbocycles. The molecule has 2 amide bonds. The fourth-order valence-corrected chi connectivity index (χ4v) is 1.60. The molecule has 0 aliphatic carbocycles. The first-order valence-corrected chi connectivity index (χ1v) is 6.65. The molecule has 1 unspecified atom stereocenters. The summed E-state index contributed by atoms with van der Waals surface area (Å²) >= 11 is 0. The number of hydrogen-bond acceptors (Lipinski definition) is 3. The van der Waals surface area contributed by atoms with Crippen molar-refractivity contribution in [2.75, 3.05) is 19.4 Å². The zero-order valence-electron chi connectivity index (χ0n) is 12.2. The first kappa shape index (κ1) is 16.2. The molecule has 0 aliphatic rings. The highest BCUT2D eigenvalue weighted by molar-refractivity contribution is 5.90. The topological polar surface area (TPSA) is 69.6 Å². The second-order valence-electron chi connectivity index (χ2n) is 5.10. The van der Waals surface area contributed by atoms with Crippen LogP contribution in [0.5, 0.6) is 0 Å². The normalized spacial score (nSPS) is 11.8. The Balaban J connectivity index is 2.50. The van der Waals surface area contributed by atoms with Gasteiger partial charge in [0.1, 0.15) is 0 Å². The number of carbonyl (C=O) groups excluding carboxylic acids is 2. The molecule has 0 bridgehead atoms. The Morgan fingerprint density at radius 3 is 2.35 bits per heavy atom. The van der Waals surface area contributed by atoms with Crippen LogP contribution in [0.2, 0.25) is 0 Å². The van der Waals surface area contributed by atoms with E-state index in [-0.39, 0.29) is 11.8 Å². The van der Waals surface area contributed by atoms with Gasteiger partial charge in [0, 0.05) is 26.2 Å². The summed E-state index contributed by atoms with van der Waals surface area (Å²) < 4.78 is 0. The Labute approximate surface area is 119 Å². The molecule has 1 atom stereocenters. The van der Waals surface area contributed by atoms with Crippen LogP contribution in [0, 0.1) is 0 Å². The van der Waals surface area contributed by atoms with Gasteiger partial charge in [-0.25, -0.2) is 0 Å². The van der Waals surface area contributed by atoms with Gasteiger partial charge < -0.3 is 15.3 Å². The summed E-state index contributed by atoms with van der Waals surface area (Å²) in [6.45, 7) is 1.66. The van der Waals surface area contributed by atoms with Crippen LogP contribution in [0.25, 0.3) is 0 Å². The van der Waals surface area contributed by atoms with Crippen LogP contribution in [-0.2, 0) is 16.0 Å². The zero-order valence-corrected chi connectivity index (χ0v) is 12.2. The second-order valence-corrected chi connectivity index (χ2v) is 5.10. The number of aliphatic hydroxyl groups is 1. The average molecular weight is 278 g/mol. The molecule has 0 saturated carbocycles. The van der Waals surface area contributed by atoms with Gasteiger partial charge in [-0.2, -0.15) is 0 Å². The van der Waals surface area contributed by atoms with E-state index in [0.717, 1.165) is 5.56 Å². The van der Waals surface area contributed by atoms with Crippen molar-refractivity contribution in [3.05, 3.63) is 29.8 Å². The summed E-state index contributed by atoms with van der Waals surface area (Å²) in [5.41, 5.74) is 1.60. The van der Waals surface area contributed by atoms with Crippen molar-refractivity contribution in [3.63, 3.8) is 0 Å². The van der Waals surface area contributed by atoms with Gasteiger partial charge in [-0.15, -0.1) is 0 Å². The van der Waals surface area contributed by atoms with Crippen LogP contribution in [0.1, 0.15) is 25.3 Å².